The van der Waals surface area contributed by atoms with E-state index in [1.807, 2.05) is 20.8 Å². The zero-order valence-electron chi connectivity index (χ0n) is 5.76. The molecule has 1 rings (SSSR count). The molecule has 0 saturated heterocycles. The van der Waals surface area contributed by atoms with E-state index in [4.69, 9.17) is 4.84 Å². The van der Waals surface area contributed by atoms with Gasteiger partial charge in [0.15, 0.2) is 0 Å². The van der Waals surface area contributed by atoms with Gasteiger partial charge in [0.1, 0.15) is 0 Å². The van der Waals surface area contributed by atoms with Gasteiger partial charge in [0, 0.05) is 4.96 Å². The largest absolute Gasteiger partial charge is 0.251 e. The van der Waals surface area contributed by atoms with Crippen LogP contribution < -0.4 is 5.59 Å². The summed E-state index contributed by atoms with van der Waals surface area (Å²) >= 11 is 0. The Hall–Kier alpha value is -0.840. The van der Waals surface area contributed by atoms with Crippen LogP contribution in [-0.4, -0.2) is 15.8 Å². The molecule has 0 bridgehead atoms. The summed E-state index contributed by atoms with van der Waals surface area (Å²) < 4.78 is 4.45. The first-order valence-corrected chi connectivity index (χ1v) is 2.74. The molecule has 0 radical (unpaired) electrons. The molecule has 0 aliphatic rings. The van der Waals surface area contributed by atoms with Gasteiger partial charge in [-0.1, -0.05) is 5.27 Å². The minimum absolute atomic E-state index is 0.201. The van der Waals surface area contributed by atoms with Crippen LogP contribution in [0.3, 0.4) is 0 Å². The second kappa shape index (κ2) is 1.84. The molecule has 9 heavy (non-hydrogen) atoms. The van der Waals surface area contributed by atoms with Crippen molar-refractivity contribution in [2.45, 2.75) is 26.4 Å². The summed E-state index contributed by atoms with van der Waals surface area (Å²) in [5.74, 6) is 0. The maximum absolute atomic E-state index is 5.04. The van der Waals surface area contributed by atoms with E-state index in [0.29, 0.717) is 0 Å². The van der Waals surface area contributed by atoms with E-state index >= 15 is 0 Å². The summed E-state index contributed by atoms with van der Waals surface area (Å²) in [7, 11) is 0. The highest BCUT2D eigenvalue weighted by atomic mass is 16.9. The highest BCUT2D eigenvalue weighted by molar-refractivity contribution is 4.58. The van der Waals surface area contributed by atoms with Crippen LogP contribution in [0.15, 0.2) is 4.63 Å². The second-order valence-corrected chi connectivity index (χ2v) is 2.78. The molecule has 0 saturated carbocycles. The molecule has 5 heteroatoms. The highest BCUT2D eigenvalue weighted by Gasteiger charge is 2.11. The lowest BCUT2D eigenvalue weighted by Gasteiger charge is -2.15. The van der Waals surface area contributed by atoms with Crippen molar-refractivity contribution < 1.29 is 9.47 Å². The lowest BCUT2D eigenvalue weighted by Crippen LogP contribution is -2.26. The summed E-state index contributed by atoms with van der Waals surface area (Å²) in [5, 5.41) is 2.40. The Kier molecular flexibility index (Phi) is 1.28. The maximum Gasteiger partial charge on any atom is 0.0895 e. The van der Waals surface area contributed by atoms with E-state index < -0.39 is 0 Å². The van der Waals surface area contributed by atoms with Crippen molar-refractivity contribution in [1.82, 2.24) is 10.2 Å². The van der Waals surface area contributed by atoms with Gasteiger partial charge >= 0.3 is 0 Å². The van der Waals surface area contributed by atoms with Gasteiger partial charge in [-0.25, -0.2) is 4.63 Å². The summed E-state index contributed by atoms with van der Waals surface area (Å²) in [5.41, 5.74) is 2.30. The van der Waals surface area contributed by atoms with Crippen LogP contribution in [0.5, 0.6) is 0 Å². The van der Waals surface area contributed by atoms with Gasteiger partial charge in [-0.15, -0.1) is 0 Å². The van der Waals surface area contributed by atoms with Crippen molar-refractivity contribution >= 4 is 0 Å². The summed E-state index contributed by atoms with van der Waals surface area (Å²) in [6, 6.07) is 0. The Morgan fingerprint density at radius 2 is 2.11 bits per heavy atom. The Morgan fingerprint density at radius 1 is 1.56 bits per heavy atom. The molecule has 0 spiro atoms. The van der Waals surface area contributed by atoms with E-state index in [9.17, 15) is 0 Å². The molecular formula is C4H11N3O2. The second-order valence-electron chi connectivity index (χ2n) is 2.78. The number of rotatable bonds is 2. The molecule has 5 nitrogen and oxygen atoms in total. The number of nitrogens with one attached hydrogen (secondary N) is 2. The third-order valence-electron chi connectivity index (χ3n) is 0.617. The fourth-order valence-electron chi connectivity index (χ4n) is 0.236. The van der Waals surface area contributed by atoms with Crippen LogP contribution in [0, 0.1) is 0 Å². The van der Waals surface area contributed by atoms with Crippen molar-refractivity contribution in [2.24, 2.45) is 0 Å². The number of hydrogen-bond acceptors (Lipinski definition) is 3. The van der Waals surface area contributed by atoms with Crippen LogP contribution in [0.1, 0.15) is 20.8 Å². The highest BCUT2D eigenvalue weighted by Crippen LogP contribution is 2.04. The van der Waals surface area contributed by atoms with E-state index in [1.165, 1.54) is 4.96 Å². The van der Waals surface area contributed by atoms with Gasteiger partial charge in [-0.3, -0.25) is 4.84 Å². The van der Waals surface area contributed by atoms with Crippen molar-refractivity contribution in [3.63, 3.8) is 0 Å². The summed E-state index contributed by atoms with van der Waals surface area (Å²) in [4.78, 5) is 6.30. The van der Waals surface area contributed by atoms with Gasteiger partial charge in [0.2, 0.25) is 0 Å². The standard InChI is InChI=1S/C4H11N3O2/c1-4(2,3)8-5-7-6-9-7/h5-6H,1-3H3. The third-order valence-corrected chi connectivity index (χ3v) is 0.617. The molecule has 1 aromatic rings. The van der Waals surface area contributed by atoms with E-state index in [2.05, 4.69) is 15.5 Å². The van der Waals surface area contributed by atoms with Gasteiger partial charge in [0.25, 0.3) is 0 Å². The van der Waals surface area contributed by atoms with Gasteiger partial charge in [-0.2, -0.15) is 5.59 Å². The molecule has 54 valence electrons. The molecule has 1 heterocycles. The Labute approximate surface area is 52.8 Å². The fourth-order valence-corrected chi connectivity index (χ4v) is 0.236. The monoisotopic (exact) mass is 133 g/mol. The molecule has 1 aromatic heterocycles. The quantitative estimate of drug-likeness (QED) is 0.583. The SMILES string of the molecule is CC(C)(C)ONn1[nH]o1. The van der Waals surface area contributed by atoms with Crippen LogP contribution in [0.25, 0.3) is 0 Å². The first kappa shape index (κ1) is 6.28. The molecule has 0 fully saturated rings. The minimum Gasteiger partial charge on any atom is -0.251 e. The molecular weight excluding hydrogens is 122 g/mol. The van der Waals surface area contributed by atoms with Gasteiger partial charge < -0.3 is 0 Å². The zero-order valence-corrected chi connectivity index (χ0v) is 5.76. The fraction of sp³-hybridized carbons (Fsp3) is 1.00. The van der Waals surface area contributed by atoms with Crippen molar-refractivity contribution in [3.05, 3.63) is 0 Å². The minimum atomic E-state index is -0.201. The van der Waals surface area contributed by atoms with Crippen LogP contribution in [0.4, 0.5) is 0 Å². The number of H-pyrrole nitrogens is 1. The van der Waals surface area contributed by atoms with Crippen molar-refractivity contribution in [1.29, 1.82) is 0 Å². The van der Waals surface area contributed by atoms with Crippen LogP contribution in [-0.2, 0) is 4.84 Å². The first-order chi connectivity index (χ1) is 4.08. The van der Waals surface area contributed by atoms with Gasteiger partial charge in [0.05, 0.1) is 5.60 Å². The lowest BCUT2D eigenvalue weighted by atomic mass is 10.2. The first-order valence-electron chi connectivity index (χ1n) is 2.74. The summed E-state index contributed by atoms with van der Waals surface area (Å²) in [6.07, 6.45) is 0. The Bertz CT molecular complexity index is 148. The smallest absolute Gasteiger partial charge is 0.0895 e. The maximum atomic E-state index is 5.04. The number of hydrogen-bond donors (Lipinski definition) is 2. The van der Waals surface area contributed by atoms with E-state index in [0.717, 1.165) is 0 Å². The number of nitrogens with zero attached hydrogens (tertiary/aromatic N) is 1. The molecule has 0 unspecified atom stereocenters. The van der Waals surface area contributed by atoms with E-state index in [1.54, 1.807) is 0 Å². The molecule has 0 aliphatic carbocycles. The lowest BCUT2D eigenvalue weighted by molar-refractivity contribution is 0.00556. The predicted molar refractivity (Wildman–Crippen MR) is 31.2 cm³/mol. The van der Waals surface area contributed by atoms with Crippen LogP contribution >= 0.6 is 0 Å². The predicted octanol–water partition coefficient (Wildman–Crippen LogP) is 0.683. The topological polar surface area (TPSA) is 55.1 Å². The molecule has 2 N–H and O–H groups in total. The summed E-state index contributed by atoms with van der Waals surface area (Å²) in [6.45, 7) is 5.80. The normalized spacial score (nSPS) is 12.3. The number of aromatic amines is 1. The molecule has 0 amide bonds. The molecule has 0 atom stereocenters. The van der Waals surface area contributed by atoms with Crippen molar-refractivity contribution in [3.8, 4) is 0 Å². The average Bonchev–Trinajstić information content (AvgIpc) is 2.38. The number of aromatic nitrogens is 2. The molecule has 0 aliphatic heterocycles. The van der Waals surface area contributed by atoms with Gasteiger partial charge in [-0.05, 0) is 20.8 Å². The van der Waals surface area contributed by atoms with Crippen LogP contribution in [0.2, 0.25) is 0 Å². The molecule has 0 aromatic carbocycles. The third kappa shape index (κ3) is 2.86. The Balaban J connectivity index is 2.13. The zero-order chi connectivity index (χ0) is 6.91. The van der Waals surface area contributed by atoms with E-state index in [-0.39, 0.29) is 5.60 Å². The average molecular weight is 133 g/mol. The van der Waals surface area contributed by atoms with Crippen molar-refractivity contribution in [2.75, 3.05) is 5.59 Å². The Morgan fingerprint density at radius 3 is 2.44 bits per heavy atom.